The average Bonchev–Trinajstić information content (AvgIpc) is 2.42. The van der Waals surface area contributed by atoms with E-state index in [-0.39, 0.29) is 5.56 Å². The Labute approximate surface area is 128 Å². The lowest BCUT2D eigenvalue weighted by Gasteiger charge is -2.25. The van der Waals surface area contributed by atoms with Crippen molar-refractivity contribution in [2.75, 3.05) is 7.11 Å². The molecule has 0 bridgehead atoms. The molecule has 0 radical (unpaired) electrons. The van der Waals surface area contributed by atoms with E-state index in [1.54, 1.807) is 20.8 Å². The number of methoxy groups -OCH3 is 1. The van der Waals surface area contributed by atoms with Crippen LogP contribution in [-0.4, -0.2) is 35.9 Å². The van der Waals surface area contributed by atoms with Gasteiger partial charge in [-0.05, 0) is 26.8 Å². The number of aliphatic hydroxyl groups excluding tert-OH is 1. The first-order valence-electron chi connectivity index (χ1n) is 6.65. The highest BCUT2D eigenvalue weighted by molar-refractivity contribution is 5.82. The third-order valence-electron chi connectivity index (χ3n) is 2.67. The molecule has 0 aliphatic rings. The second-order valence-corrected chi connectivity index (χ2v) is 5.61. The van der Waals surface area contributed by atoms with Crippen LogP contribution in [0.2, 0.25) is 0 Å². The molecule has 6 nitrogen and oxygen atoms in total. The van der Waals surface area contributed by atoms with Gasteiger partial charge in [-0.15, -0.1) is 0 Å². The molecule has 0 aromatic heterocycles. The number of amides is 1. The molecule has 2 atom stereocenters. The minimum atomic E-state index is -1.61. The van der Waals surface area contributed by atoms with Crippen molar-refractivity contribution in [1.29, 1.82) is 0 Å². The van der Waals surface area contributed by atoms with Crippen molar-refractivity contribution in [2.24, 2.45) is 0 Å². The van der Waals surface area contributed by atoms with Gasteiger partial charge in [-0.3, -0.25) is 0 Å². The number of halogens is 1. The first kappa shape index (κ1) is 17.9. The van der Waals surface area contributed by atoms with Gasteiger partial charge in [-0.2, -0.15) is 0 Å². The lowest BCUT2D eigenvalue weighted by molar-refractivity contribution is -0.146. The molecule has 0 fully saturated rings. The molecular formula is C15H20FNO5. The minimum Gasteiger partial charge on any atom is -0.467 e. The fourth-order valence-electron chi connectivity index (χ4n) is 1.72. The molecule has 122 valence electrons. The molecule has 0 heterocycles. The standard InChI is InChI=1S/C15H20FNO5/c1-15(2,3)22-14(20)17-11(13(19)21-4)12(18)9-7-5-6-8-10(9)16/h5-8,11-12,18H,1-4H3,(H,17,20)/t11-,12-/m0/s1. The quantitative estimate of drug-likeness (QED) is 0.830. The fourth-order valence-corrected chi connectivity index (χ4v) is 1.72. The summed E-state index contributed by atoms with van der Waals surface area (Å²) < 4.78 is 23.3. The molecule has 0 saturated heterocycles. The Kier molecular flexibility index (Phi) is 5.87. The second kappa shape index (κ2) is 7.22. The van der Waals surface area contributed by atoms with Gasteiger partial charge in [0.25, 0.3) is 0 Å². The molecule has 1 amide bonds. The molecule has 0 aliphatic carbocycles. The second-order valence-electron chi connectivity index (χ2n) is 5.61. The number of hydrogen-bond acceptors (Lipinski definition) is 5. The van der Waals surface area contributed by atoms with Crippen molar-refractivity contribution < 1.29 is 28.6 Å². The van der Waals surface area contributed by atoms with Gasteiger partial charge in [-0.1, -0.05) is 18.2 Å². The highest BCUT2D eigenvalue weighted by Gasteiger charge is 2.33. The maximum Gasteiger partial charge on any atom is 0.408 e. The summed E-state index contributed by atoms with van der Waals surface area (Å²) >= 11 is 0. The zero-order chi connectivity index (χ0) is 16.9. The molecule has 0 saturated carbocycles. The maximum atomic E-state index is 13.7. The summed E-state index contributed by atoms with van der Waals surface area (Å²) in [6, 6.07) is 3.91. The Hall–Kier alpha value is -2.15. The van der Waals surface area contributed by atoms with Crippen molar-refractivity contribution in [2.45, 2.75) is 38.5 Å². The van der Waals surface area contributed by atoms with Gasteiger partial charge in [-0.25, -0.2) is 14.0 Å². The highest BCUT2D eigenvalue weighted by atomic mass is 19.1. The molecule has 1 aromatic carbocycles. The van der Waals surface area contributed by atoms with Crippen LogP contribution in [0, 0.1) is 5.82 Å². The van der Waals surface area contributed by atoms with Crippen LogP contribution in [0.5, 0.6) is 0 Å². The van der Waals surface area contributed by atoms with Gasteiger partial charge in [0, 0.05) is 5.56 Å². The molecule has 7 heteroatoms. The normalized spacial score (nSPS) is 13.9. The molecule has 2 N–H and O–H groups in total. The van der Waals surface area contributed by atoms with Gasteiger partial charge in [0.05, 0.1) is 7.11 Å². The smallest absolute Gasteiger partial charge is 0.408 e. The predicted octanol–water partition coefficient (Wildman–Crippen LogP) is 1.93. The fraction of sp³-hybridized carbons (Fsp3) is 0.467. The van der Waals surface area contributed by atoms with Gasteiger partial charge in [0.2, 0.25) is 0 Å². The van der Waals surface area contributed by atoms with Crippen LogP contribution in [0.25, 0.3) is 0 Å². The molecule has 0 aliphatic heterocycles. The molecule has 0 unspecified atom stereocenters. The summed E-state index contributed by atoms with van der Waals surface area (Å²) in [5.74, 6) is -1.61. The van der Waals surface area contributed by atoms with E-state index in [2.05, 4.69) is 10.1 Å². The van der Waals surface area contributed by atoms with Crippen LogP contribution in [-0.2, 0) is 14.3 Å². The molecule has 22 heavy (non-hydrogen) atoms. The molecular weight excluding hydrogens is 293 g/mol. The SMILES string of the molecule is COC(=O)[C@@H](NC(=O)OC(C)(C)C)[C@@H](O)c1ccccc1F. The van der Waals surface area contributed by atoms with Crippen LogP contribution in [0.3, 0.4) is 0 Å². The number of nitrogens with one attached hydrogen (secondary N) is 1. The van der Waals surface area contributed by atoms with Crippen molar-refractivity contribution in [3.63, 3.8) is 0 Å². The van der Waals surface area contributed by atoms with E-state index in [1.165, 1.54) is 18.2 Å². The number of hydrogen-bond donors (Lipinski definition) is 2. The van der Waals surface area contributed by atoms with Gasteiger partial charge < -0.3 is 19.9 Å². The number of rotatable bonds is 4. The van der Waals surface area contributed by atoms with E-state index in [1.807, 2.05) is 0 Å². The number of carbonyl (C=O) groups excluding carboxylic acids is 2. The minimum absolute atomic E-state index is 0.131. The Morgan fingerprint density at radius 2 is 1.86 bits per heavy atom. The summed E-state index contributed by atoms with van der Waals surface area (Å²) in [7, 11) is 1.10. The summed E-state index contributed by atoms with van der Waals surface area (Å²) in [6.07, 6.45) is -2.53. The van der Waals surface area contributed by atoms with Crippen molar-refractivity contribution in [3.05, 3.63) is 35.6 Å². The Morgan fingerprint density at radius 1 is 1.27 bits per heavy atom. The third-order valence-corrected chi connectivity index (χ3v) is 2.67. The van der Waals surface area contributed by atoms with Crippen LogP contribution in [0.1, 0.15) is 32.4 Å². The van der Waals surface area contributed by atoms with E-state index in [0.29, 0.717) is 0 Å². The first-order valence-corrected chi connectivity index (χ1v) is 6.65. The van der Waals surface area contributed by atoms with E-state index in [9.17, 15) is 19.1 Å². The number of alkyl carbamates (subject to hydrolysis) is 1. The lowest BCUT2D eigenvalue weighted by Crippen LogP contribution is -2.47. The summed E-state index contributed by atoms with van der Waals surface area (Å²) in [5, 5.41) is 12.4. The largest absolute Gasteiger partial charge is 0.467 e. The summed E-state index contributed by atoms with van der Waals surface area (Å²) in [5.41, 5.74) is -0.915. The number of carbonyl (C=O) groups is 2. The van der Waals surface area contributed by atoms with Crippen LogP contribution >= 0.6 is 0 Å². The first-order chi connectivity index (χ1) is 10.2. The van der Waals surface area contributed by atoms with Crippen LogP contribution < -0.4 is 5.32 Å². The zero-order valence-electron chi connectivity index (χ0n) is 12.9. The third kappa shape index (κ3) is 5.00. The zero-order valence-corrected chi connectivity index (χ0v) is 12.9. The number of esters is 1. The summed E-state index contributed by atoms with van der Waals surface area (Å²) in [4.78, 5) is 23.5. The van der Waals surface area contributed by atoms with Crippen molar-refractivity contribution in [1.82, 2.24) is 5.32 Å². The van der Waals surface area contributed by atoms with E-state index in [0.717, 1.165) is 13.2 Å². The Balaban J connectivity index is 2.96. The highest BCUT2D eigenvalue weighted by Crippen LogP contribution is 2.21. The number of ether oxygens (including phenoxy) is 2. The lowest BCUT2D eigenvalue weighted by atomic mass is 10.0. The molecule has 1 rings (SSSR count). The van der Waals surface area contributed by atoms with Crippen LogP contribution in [0.4, 0.5) is 9.18 Å². The molecule has 0 spiro atoms. The Morgan fingerprint density at radius 3 is 2.36 bits per heavy atom. The van der Waals surface area contributed by atoms with E-state index < -0.39 is 35.6 Å². The van der Waals surface area contributed by atoms with Crippen molar-refractivity contribution in [3.8, 4) is 0 Å². The van der Waals surface area contributed by atoms with Gasteiger partial charge >= 0.3 is 12.1 Å². The van der Waals surface area contributed by atoms with Crippen LogP contribution in [0.15, 0.2) is 24.3 Å². The van der Waals surface area contributed by atoms with Gasteiger partial charge in [0.1, 0.15) is 17.5 Å². The number of benzene rings is 1. The number of aliphatic hydroxyl groups is 1. The average molecular weight is 313 g/mol. The van der Waals surface area contributed by atoms with E-state index >= 15 is 0 Å². The monoisotopic (exact) mass is 313 g/mol. The topological polar surface area (TPSA) is 84.9 Å². The Bertz CT molecular complexity index is 541. The van der Waals surface area contributed by atoms with Gasteiger partial charge in [0.15, 0.2) is 6.04 Å². The van der Waals surface area contributed by atoms with E-state index in [4.69, 9.17) is 4.74 Å². The maximum absolute atomic E-state index is 13.7. The summed E-state index contributed by atoms with van der Waals surface area (Å²) in [6.45, 7) is 4.94. The van der Waals surface area contributed by atoms with Crippen molar-refractivity contribution >= 4 is 12.1 Å². The molecule has 1 aromatic rings. The predicted molar refractivity (Wildman–Crippen MR) is 76.5 cm³/mol.